The molecule has 1 heterocycles. The number of rotatable bonds is 4. The van der Waals surface area contributed by atoms with Crippen LogP contribution >= 0.6 is 15.9 Å². The van der Waals surface area contributed by atoms with Crippen molar-refractivity contribution in [3.63, 3.8) is 0 Å². The molecule has 0 spiro atoms. The van der Waals surface area contributed by atoms with Crippen molar-refractivity contribution in [2.24, 2.45) is 0 Å². The van der Waals surface area contributed by atoms with Crippen LogP contribution in [0.15, 0.2) is 34.9 Å². The number of hydrogen-bond acceptors (Lipinski definition) is 4. The summed E-state index contributed by atoms with van der Waals surface area (Å²) in [5.74, 6) is 0.624. The zero-order valence-electron chi connectivity index (χ0n) is 9.53. The molecule has 2 aromatic rings. The molecule has 1 aromatic heterocycles. The molecule has 0 saturated heterocycles. The number of anilines is 2. The van der Waals surface area contributed by atoms with Gasteiger partial charge in [-0.15, -0.1) is 0 Å². The lowest BCUT2D eigenvalue weighted by Gasteiger charge is -2.06. The Morgan fingerprint density at radius 3 is 2.83 bits per heavy atom. The second kappa shape index (κ2) is 5.77. The second-order valence-corrected chi connectivity index (χ2v) is 4.56. The molecule has 0 unspecified atom stereocenters. The predicted octanol–water partition coefficient (Wildman–Crippen LogP) is 2.62. The first-order valence-electron chi connectivity index (χ1n) is 5.42. The normalized spacial score (nSPS) is 10.3. The Morgan fingerprint density at radius 1 is 1.28 bits per heavy atom. The van der Waals surface area contributed by atoms with E-state index in [1.165, 1.54) is 12.1 Å². The van der Waals surface area contributed by atoms with Gasteiger partial charge in [-0.2, -0.15) is 4.98 Å². The molecule has 0 amide bonds. The average molecular weight is 311 g/mol. The van der Waals surface area contributed by atoms with Gasteiger partial charge in [-0.25, -0.2) is 9.37 Å². The van der Waals surface area contributed by atoms with E-state index in [0.717, 1.165) is 5.56 Å². The Labute approximate surface area is 113 Å². The summed E-state index contributed by atoms with van der Waals surface area (Å²) in [7, 11) is 0. The summed E-state index contributed by atoms with van der Waals surface area (Å²) in [4.78, 5) is 8.16. The molecule has 18 heavy (non-hydrogen) atoms. The number of hydrogen-bond donors (Lipinski definition) is 2. The quantitative estimate of drug-likeness (QED) is 0.852. The largest absolute Gasteiger partial charge is 0.383 e. The van der Waals surface area contributed by atoms with Gasteiger partial charge < -0.3 is 11.1 Å². The lowest BCUT2D eigenvalue weighted by Crippen LogP contribution is -2.09. The maximum atomic E-state index is 13.0. The average Bonchev–Trinajstić information content (AvgIpc) is 2.27. The molecule has 0 aliphatic rings. The smallest absolute Gasteiger partial charge is 0.225 e. The molecule has 6 heteroatoms. The van der Waals surface area contributed by atoms with Gasteiger partial charge in [-0.05, 0) is 40.0 Å². The Morgan fingerprint density at radius 2 is 2.11 bits per heavy atom. The Hall–Kier alpha value is -1.69. The van der Waals surface area contributed by atoms with Crippen LogP contribution in [0.5, 0.6) is 0 Å². The van der Waals surface area contributed by atoms with Crippen molar-refractivity contribution >= 4 is 27.7 Å². The monoisotopic (exact) mass is 310 g/mol. The van der Waals surface area contributed by atoms with Crippen molar-refractivity contribution in [3.8, 4) is 0 Å². The summed E-state index contributed by atoms with van der Waals surface area (Å²) in [6.45, 7) is 0.610. The van der Waals surface area contributed by atoms with E-state index >= 15 is 0 Å². The van der Waals surface area contributed by atoms with Gasteiger partial charge in [-0.1, -0.05) is 12.1 Å². The van der Waals surface area contributed by atoms with E-state index in [9.17, 15) is 4.39 Å². The first kappa shape index (κ1) is 12.8. The van der Waals surface area contributed by atoms with Crippen molar-refractivity contribution in [1.29, 1.82) is 0 Å². The van der Waals surface area contributed by atoms with E-state index < -0.39 is 0 Å². The number of nitrogens with zero attached hydrogens (tertiary/aromatic N) is 2. The molecule has 4 nitrogen and oxygen atoms in total. The number of nitrogens with one attached hydrogen (secondary N) is 1. The highest BCUT2D eigenvalue weighted by atomic mass is 79.9. The molecule has 1 aromatic carbocycles. The summed E-state index contributed by atoms with van der Waals surface area (Å²) in [5, 5.41) is 3.04. The van der Waals surface area contributed by atoms with Crippen LogP contribution in [0.2, 0.25) is 0 Å². The van der Waals surface area contributed by atoms with Gasteiger partial charge in [0.15, 0.2) is 0 Å². The highest BCUT2D eigenvalue weighted by molar-refractivity contribution is 9.10. The molecule has 0 fully saturated rings. The molecule has 0 aliphatic carbocycles. The van der Waals surface area contributed by atoms with Crippen LogP contribution in [0.4, 0.5) is 16.2 Å². The number of nitrogen functional groups attached to an aromatic ring is 1. The fourth-order valence-electron chi connectivity index (χ4n) is 1.53. The van der Waals surface area contributed by atoms with Crippen molar-refractivity contribution in [3.05, 3.63) is 46.3 Å². The molecular formula is C12H12BrFN4. The zero-order chi connectivity index (χ0) is 13.0. The summed E-state index contributed by atoms with van der Waals surface area (Å²) >= 11 is 3.24. The zero-order valence-corrected chi connectivity index (χ0v) is 11.1. The molecule has 0 aliphatic heterocycles. The van der Waals surface area contributed by atoms with E-state index in [2.05, 4.69) is 31.2 Å². The van der Waals surface area contributed by atoms with Crippen LogP contribution in [-0.2, 0) is 6.42 Å². The number of aromatic nitrogens is 2. The Bertz CT molecular complexity index is 527. The van der Waals surface area contributed by atoms with E-state index in [1.54, 1.807) is 12.1 Å². The van der Waals surface area contributed by atoms with Gasteiger partial charge in [0.2, 0.25) is 5.95 Å². The van der Waals surface area contributed by atoms with Crippen LogP contribution in [0.25, 0.3) is 0 Å². The van der Waals surface area contributed by atoms with Crippen molar-refractivity contribution in [2.75, 3.05) is 17.6 Å². The SMILES string of the molecule is Nc1cc(Br)nc(NCCc2cccc(F)c2)n1. The van der Waals surface area contributed by atoms with Crippen molar-refractivity contribution in [1.82, 2.24) is 9.97 Å². The van der Waals surface area contributed by atoms with Crippen LogP contribution in [0.3, 0.4) is 0 Å². The van der Waals surface area contributed by atoms with Crippen LogP contribution in [0, 0.1) is 5.82 Å². The molecule has 2 rings (SSSR count). The van der Waals surface area contributed by atoms with Gasteiger partial charge >= 0.3 is 0 Å². The molecule has 0 atom stereocenters. The fraction of sp³-hybridized carbons (Fsp3) is 0.167. The van der Waals surface area contributed by atoms with E-state index in [4.69, 9.17) is 5.73 Å². The molecule has 94 valence electrons. The fourth-order valence-corrected chi connectivity index (χ4v) is 1.93. The van der Waals surface area contributed by atoms with Crippen LogP contribution < -0.4 is 11.1 Å². The number of nitrogens with two attached hydrogens (primary N) is 1. The second-order valence-electron chi connectivity index (χ2n) is 3.75. The van der Waals surface area contributed by atoms with Crippen LogP contribution in [-0.4, -0.2) is 16.5 Å². The molecule has 3 N–H and O–H groups in total. The van der Waals surface area contributed by atoms with Gasteiger partial charge in [0.05, 0.1) is 0 Å². The minimum atomic E-state index is -0.226. The summed E-state index contributed by atoms with van der Waals surface area (Å²) < 4.78 is 13.6. The lowest BCUT2D eigenvalue weighted by atomic mass is 10.1. The summed E-state index contributed by atoms with van der Waals surface area (Å²) in [6, 6.07) is 8.13. The van der Waals surface area contributed by atoms with Gasteiger partial charge in [-0.3, -0.25) is 0 Å². The summed E-state index contributed by atoms with van der Waals surface area (Å²) in [6.07, 6.45) is 0.688. The standard InChI is InChI=1S/C12H12BrFN4/c13-10-7-11(15)18-12(17-10)16-5-4-8-2-1-3-9(14)6-8/h1-3,6-7H,4-5H2,(H3,15,16,17,18). The molecule has 0 saturated carbocycles. The van der Waals surface area contributed by atoms with Gasteiger partial charge in [0.25, 0.3) is 0 Å². The first-order chi connectivity index (χ1) is 8.63. The van der Waals surface area contributed by atoms with E-state index in [0.29, 0.717) is 29.3 Å². The number of halogens is 2. The third-order valence-corrected chi connectivity index (χ3v) is 2.71. The van der Waals surface area contributed by atoms with Crippen molar-refractivity contribution in [2.45, 2.75) is 6.42 Å². The van der Waals surface area contributed by atoms with Crippen molar-refractivity contribution < 1.29 is 4.39 Å². The van der Waals surface area contributed by atoms with Gasteiger partial charge in [0, 0.05) is 12.6 Å². The maximum absolute atomic E-state index is 13.0. The maximum Gasteiger partial charge on any atom is 0.225 e. The first-order valence-corrected chi connectivity index (χ1v) is 6.21. The van der Waals surface area contributed by atoms with E-state index in [-0.39, 0.29) is 5.82 Å². The predicted molar refractivity (Wildman–Crippen MR) is 72.7 cm³/mol. The molecular weight excluding hydrogens is 299 g/mol. The van der Waals surface area contributed by atoms with Gasteiger partial charge in [0.1, 0.15) is 16.2 Å². The highest BCUT2D eigenvalue weighted by Gasteiger charge is 2.00. The Kier molecular flexibility index (Phi) is 4.09. The minimum absolute atomic E-state index is 0.226. The number of benzene rings is 1. The molecule has 0 radical (unpaired) electrons. The van der Waals surface area contributed by atoms with E-state index in [1.807, 2.05) is 6.07 Å². The topological polar surface area (TPSA) is 63.8 Å². The minimum Gasteiger partial charge on any atom is -0.383 e. The third kappa shape index (κ3) is 3.66. The lowest BCUT2D eigenvalue weighted by molar-refractivity contribution is 0.625. The van der Waals surface area contributed by atoms with Crippen LogP contribution in [0.1, 0.15) is 5.56 Å². The Balaban J connectivity index is 1.92. The summed E-state index contributed by atoms with van der Waals surface area (Å²) in [5.41, 5.74) is 6.51. The third-order valence-electron chi connectivity index (χ3n) is 2.30. The molecule has 0 bridgehead atoms. The highest BCUT2D eigenvalue weighted by Crippen LogP contribution is 2.12.